The van der Waals surface area contributed by atoms with Gasteiger partial charge in [0, 0.05) is 17.6 Å². The Morgan fingerprint density at radius 1 is 1.57 bits per heavy atom. The minimum atomic E-state index is -0.461. The van der Waals surface area contributed by atoms with Gasteiger partial charge in [0.25, 0.3) is 5.91 Å². The topological polar surface area (TPSA) is 59.0 Å². The molecule has 1 aliphatic heterocycles. The number of ether oxygens (including phenoxy) is 2. The van der Waals surface area contributed by atoms with E-state index in [1.807, 2.05) is 32.0 Å². The molecule has 0 radical (unpaired) electrons. The lowest BCUT2D eigenvalue weighted by Gasteiger charge is -2.42. The lowest BCUT2D eigenvalue weighted by atomic mass is 10.1. The number of amides is 1. The van der Waals surface area contributed by atoms with E-state index in [0.29, 0.717) is 18.8 Å². The van der Waals surface area contributed by atoms with E-state index in [1.54, 1.807) is 11.0 Å². The van der Waals surface area contributed by atoms with E-state index in [4.69, 9.17) is 9.47 Å². The second-order valence-electron chi connectivity index (χ2n) is 5.70. The Kier molecular flexibility index (Phi) is 5.24. The van der Waals surface area contributed by atoms with Gasteiger partial charge < -0.3 is 19.5 Å². The molecule has 1 atom stereocenters. The molecule has 116 valence electrons. The predicted molar refractivity (Wildman–Crippen MR) is 82.3 cm³/mol. The Hall–Kier alpha value is -1.11. The Balaban J connectivity index is 1.93. The zero-order valence-electron chi connectivity index (χ0n) is 12.2. The molecule has 1 N–H and O–H groups in total. The average Bonchev–Trinajstić information content (AvgIpc) is 2.43. The van der Waals surface area contributed by atoms with E-state index in [1.165, 1.54) is 0 Å². The molecule has 1 aliphatic rings. The summed E-state index contributed by atoms with van der Waals surface area (Å²) in [6, 6.07) is 7.36. The summed E-state index contributed by atoms with van der Waals surface area (Å²) in [5.74, 6) is 0.536. The van der Waals surface area contributed by atoms with Crippen molar-refractivity contribution in [2.75, 3.05) is 26.3 Å². The number of halogens is 1. The van der Waals surface area contributed by atoms with Crippen LogP contribution in [0.25, 0.3) is 0 Å². The zero-order chi connectivity index (χ0) is 15.5. The molecule has 6 heteroatoms. The van der Waals surface area contributed by atoms with Crippen molar-refractivity contribution in [3.63, 3.8) is 0 Å². The summed E-state index contributed by atoms with van der Waals surface area (Å²) in [4.78, 5) is 13.9. The van der Waals surface area contributed by atoms with Crippen LogP contribution in [0.3, 0.4) is 0 Å². The molecule has 0 bridgehead atoms. The SMILES string of the molecule is CC1(C)CN(C(=O)COc2cccc(Br)c2)CC(CO)O1. The van der Waals surface area contributed by atoms with E-state index in [-0.39, 0.29) is 25.2 Å². The molecule has 0 spiro atoms. The molecule has 1 amide bonds. The summed E-state index contributed by atoms with van der Waals surface area (Å²) in [5, 5.41) is 9.26. The number of morpholine rings is 1. The first kappa shape index (κ1) is 16.3. The van der Waals surface area contributed by atoms with Crippen LogP contribution in [-0.2, 0) is 9.53 Å². The fourth-order valence-corrected chi connectivity index (χ4v) is 2.75. The Bertz CT molecular complexity index is 506. The van der Waals surface area contributed by atoms with E-state index in [9.17, 15) is 9.90 Å². The van der Waals surface area contributed by atoms with Crippen LogP contribution in [0.5, 0.6) is 5.75 Å². The number of hydrogen-bond donors (Lipinski definition) is 1. The van der Waals surface area contributed by atoms with Gasteiger partial charge in [0.05, 0.1) is 18.3 Å². The van der Waals surface area contributed by atoms with Gasteiger partial charge in [-0.1, -0.05) is 22.0 Å². The normalized spacial score (nSPS) is 21.1. The molecule has 1 saturated heterocycles. The minimum Gasteiger partial charge on any atom is -0.484 e. The van der Waals surface area contributed by atoms with Gasteiger partial charge in [-0.2, -0.15) is 0 Å². The van der Waals surface area contributed by atoms with Crippen molar-refractivity contribution in [2.45, 2.75) is 25.6 Å². The molecule has 1 aromatic rings. The number of rotatable bonds is 4. The van der Waals surface area contributed by atoms with E-state index >= 15 is 0 Å². The second kappa shape index (κ2) is 6.77. The van der Waals surface area contributed by atoms with Gasteiger partial charge in [-0.25, -0.2) is 0 Å². The molecule has 1 unspecified atom stereocenters. The standard InChI is InChI=1S/C15H20BrNO4/c1-15(2)10-17(7-13(8-18)21-15)14(19)9-20-12-5-3-4-11(16)6-12/h3-6,13,18H,7-10H2,1-2H3. The number of aliphatic hydroxyl groups excluding tert-OH is 1. The van der Waals surface area contributed by atoms with E-state index in [2.05, 4.69) is 15.9 Å². The van der Waals surface area contributed by atoms with Crippen LogP contribution in [-0.4, -0.2) is 53.9 Å². The third-order valence-electron chi connectivity index (χ3n) is 3.20. The van der Waals surface area contributed by atoms with Gasteiger partial charge in [0.15, 0.2) is 6.61 Å². The van der Waals surface area contributed by atoms with Crippen LogP contribution in [0.4, 0.5) is 0 Å². The number of nitrogens with zero attached hydrogens (tertiary/aromatic N) is 1. The van der Waals surface area contributed by atoms with Gasteiger partial charge in [-0.15, -0.1) is 0 Å². The van der Waals surface area contributed by atoms with Gasteiger partial charge in [-0.05, 0) is 32.0 Å². The Morgan fingerprint density at radius 2 is 2.33 bits per heavy atom. The maximum absolute atomic E-state index is 12.3. The zero-order valence-corrected chi connectivity index (χ0v) is 13.8. The Morgan fingerprint density at radius 3 is 3.00 bits per heavy atom. The maximum atomic E-state index is 12.3. The van der Waals surface area contributed by atoms with E-state index < -0.39 is 5.60 Å². The van der Waals surface area contributed by atoms with Gasteiger partial charge in [0.2, 0.25) is 0 Å². The number of carbonyl (C=O) groups is 1. The van der Waals surface area contributed by atoms with Gasteiger partial charge >= 0.3 is 0 Å². The number of hydrogen-bond acceptors (Lipinski definition) is 4. The highest BCUT2D eigenvalue weighted by Crippen LogP contribution is 2.22. The lowest BCUT2D eigenvalue weighted by Crippen LogP contribution is -2.56. The Labute approximate surface area is 133 Å². The van der Waals surface area contributed by atoms with Crippen molar-refractivity contribution in [3.05, 3.63) is 28.7 Å². The highest BCUT2D eigenvalue weighted by Gasteiger charge is 2.35. The maximum Gasteiger partial charge on any atom is 0.260 e. The van der Waals surface area contributed by atoms with E-state index in [0.717, 1.165) is 4.47 Å². The molecule has 1 fully saturated rings. The van der Waals surface area contributed by atoms with Crippen molar-refractivity contribution in [1.29, 1.82) is 0 Å². The summed E-state index contributed by atoms with van der Waals surface area (Å²) in [6.07, 6.45) is -0.344. The third-order valence-corrected chi connectivity index (χ3v) is 3.69. The molecule has 2 rings (SSSR count). The monoisotopic (exact) mass is 357 g/mol. The smallest absolute Gasteiger partial charge is 0.260 e. The first-order chi connectivity index (χ1) is 9.89. The van der Waals surface area contributed by atoms with Crippen LogP contribution in [0.15, 0.2) is 28.7 Å². The van der Waals surface area contributed by atoms with Crippen molar-refractivity contribution < 1.29 is 19.4 Å². The van der Waals surface area contributed by atoms with Crippen LogP contribution in [0, 0.1) is 0 Å². The van der Waals surface area contributed by atoms with Gasteiger partial charge in [-0.3, -0.25) is 4.79 Å². The molecule has 0 saturated carbocycles. The molecule has 5 nitrogen and oxygen atoms in total. The largest absolute Gasteiger partial charge is 0.484 e. The van der Waals surface area contributed by atoms with Crippen LogP contribution < -0.4 is 4.74 Å². The van der Waals surface area contributed by atoms with Crippen LogP contribution in [0.1, 0.15) is 13.8 Å². The number of carbonyl (C=O) groups excluding carboxylic acids is 1. The molecule has 0 aromatic heterocycles. The minimum absolute atomic E-state index is 0.0231. The van der Waals surface area contributed by atoms with Crippen LogP contribution in [0.2, 0.25) is 0 Å². The molecule has 0 aliphatic carbocycles. The molecule has 1 aromatic carbocycles. The summed E-state index contributed by atoms with van der Waals surface area (Å²) < 4.78 is 12.1. The highest BCUT2D eigenvalue weighted by molar-refractivity contribution is 9.10. The lowest BCUT2D eigenvalue weighted by molar-refractivity contribution is -0.168. The van der Waals surface area contributed by atoms with Crippen molar-refractivity contribution >= 4 is 21.8 Å². The summed E-state index contributed by atoms with van der Waals surface area (Å²) >= 11 is 3.36. The summed E-state index contributed by atoms with van der Waals surface area (Å²) in [6.45, 7) is 4.57. The summed E-state index contributed by atoms with van der Waals surface area (Å²) in [5.41, 5.74) is -0.461. The average molecular weight is 358 g/mol. The number of aliphatic hydroxyl groups is 1. The first-order valence-corrected chi connectivity index (χ1v) is 7.64. The predicted octanol–water partition coefficient (Wildman–Crippen LogP) is 1.83. The molecule has 21 heavy (non-hydrogen) atoms. The molecular formula is C15H20BrNO4. The third kappa shape index (κ3) is 4.69. The second-order valence-corrected chi connectivity index (χ2v) is 6.62. The van der Waals surface area contributed by atoms with Crippen molar-refractivity contribution in [1.82, 2.24) is 4.90 Å². The van der Waals surface area contributed by atoms with Gasteiger partial charge in [0.1, 0.15) is 5.75 Å². The fourth-order valence-electron chi connectivity index (χ4n) is 2.37. The fraction of sp³-hybridized carbons (Fsp3) is 0.533. The molecular weight excluding hydrogens is 338 g/mol. The highest BCUT2D eigenvalue weighted by atomic mass is 79.9. The first-order valence-electron chi connectivity index (χ1n) is 6.84. The van der Waals surface area contributed by atoms with Crippen LogP contribution >= 0.6 is 15.9 Å². The molecule has 1 heterocycles. The van der Waals surface area contributed by atoms with Crippen molar-refractivity contribution in [3.8, 4) is 5.75 Å². The van der Waals surface area contributed by atoms with Crippen molar-refractivity contribution in [2.24, 2.45) is 0 Å². The quantitative estimate of drug-likeness (QED) is 0.892. The summed E-state index contributed by atoms with van der Waals surface area (Å²) in [7, 11) is 0. The number of benzene rings is 1.